The predicted octanol–water partition coefficient (Wildman–Crippen LogP) is 4.14. The number of hydrogen-bond donors (Lipinski definition) is 0. The second kappa shape index (κ2) is 8.77. The van der Waals surface area contributed by atoms with Gasteiger partial charge in [0.15, 0.2) is 0 Å². The van der Waals surface area contributed by atoms with Crippen molar-refractivity contribution in [3.63, 3.8) is 0 Å². The van der Waals surface area contributed by atoms with Gasteiger partial charge in [-0.3, -0.25) is 19.7 Å². The van der Waals surface area contributed by atoms with Gasteiger partial charge in [0.1, 0.15) is 4.87 Å². The summed E-state index contributed by atoms with van der Waals surface area (Å²) in [5.74, 6) is 0. The van der Waals surface area contributed by atoms with Crippen LogP contribution in [0.1, 0.15) is 19.4 Å². The highest BCUT2D eigenvalue weighted by Crippen LogP contribution is 2.15. The Hall–Kier alpha value is -1.43. The van der Waals surface area contributed by atoms with Gasteiger partial charge in [-0.05, 0) is 60.8 Å². The molecular formula is C13H12Cl3NO4. The zero-order valence-corrected chi connectivity index (χ0v) is 13.4. The Labute approximate surface area is 136 Å². The molecule has 114 valence electrons. The summed E-state index contributed by atoms with van der Waals surface area (Å²) in [4.78, 5) is 29.4. The second-order valence-corrected chi connectivity index (χ2v) is 5.89. The Morgan fingerprint density at radius 3 is 1.90 bits per heavy atom. The quantitative estimate of drug-likeness (QED) is 0.268. The number of rotatable bonds is 4. The van der Waals surface area contributed by atoms with Crippen LogP contribution in [0, 0.1) is 10.1 Å². The molecule has 0 bridgehead atoms. The number of carbonyl (C=O) groups is 2. The zero-order chi connectivity index (χ0) is 16.6. The van der Waals surface area contributed by atoms with Crippen LogP contribution in [0.4, 0.5) is 5.69 Å². The molecule has 0 aromatic heterocycles. The molecule has 8 heteroatoms. The van der Waals surface area contributed by atoms with E-state index >= 15 is 0 Å². The molecular weight excluding hydrogens is 341 g/mol. The van der Waals surface area contributed by atoms with E-state index in [4.69, 9.17) is 34.8 Å². The van der Waals surface area contributed by atoms with Gasteiger partial charge in [0.2, 0.25) is 10.5 Å². The van der Waals surface area contributed by atoms with Crippen LogP contribution in [0.15, 0.2) is 30.3 Å². The lowest BCUT2D eigenvalue weighted by molar-refractivity contribution is -0.384. The van der Waals surface area contributed by atoms with Gasteiger partial charge in [-0.15, -0.1) is 11.6 Å². The third kappa shape index (κ3) is 9.18. The molecule has 0 saturated carbocycles. The highest BCUT2D eigenvalue weighted by molar-refractivity contribution is 6.70. The Morgan fingerprint density at radius 2 is 1.62 bits per heavy atom. The highest BCUT2D eigenvalue weighted by atomic mass is 35.5. The number of hydrogen-bond acceptors (Lipinski definition) is 4. The van der Waals surface area contributed by atoms with Crippen LogP contribution in [-0.2, 0) is 9.59 Å². The topological polar surface area (TPSA) is 77.3 Å². The van der Waals surface area contributed by atoms with E-state index in [0.717, 1.165) is 0 Å². The van der Waals surface area contributed by atoms with Gasteiger partial charge in [-0.25, -0.2) is 0 Å². The van der Waals surface area contributed by atoms with Crippen molar-refractivity contribution in [2.45, 2.75) is 18.7 Å². The van der Waals surface area contributed by atoms with Crippen molar-refractivity contribution < 1.29 is 14.5 Å². The molecule has 0 N–H and O–H groups in total. The average molecular weight is 353 g/mol. The molecule has 0 heterocycles. The summed E-state index contributed by atoms with van der Waals surface area (Å²) in [7, 11) is 0. The molecule has 1 aromatic rings. The van der Waals surface area contributed by atoms with E-state index in [1.807, 2.05) is 0 Å². The van der Waals surface area contributed by atoms with Gasteiger partial charge in [0.05, 0.1) is 4.92 Å². The summed E-state index contributed by atoms with van der Waals surface area (Å²) < 4.78 is 0. The number of halogens is 3. The first-order valence-electron chi connectivity index (χ1n) is 5.55. The maximum absolute atomic E-state index is 10.4. The van der Waals surface area contributed by atoms with E-state index in [2.05, 4.69) is 0 Å². The van der Waals surface area contributed by atoms with E-state index in [1.54, 1.807) is 13.8 Å². The van der Waals surface area contributed by atoms with E-state index in [9.17, 15) is 19.7 Å². The zero-order valence-electron chi connectivity index (χ0n) is 11.2. The molecule has 0 aliphatic rings. The molecule has 0 fully saturated rings. The number of allylic oxidation sites excluding steroid dienone is 1. The minimum atomic E-state index is -0.901. The lowest BCUT2D eigenvalue weighted by Gasteiger charge is -2.05. The maximum Gasteiger partial charge on any atom is 0.269 e. The van der Waals surface area contributed by atoms with E-state index in [1.165, 1.54) is 36.4 Å². The van der Waals surface area contributed by atoms with Crippen molar-refractivity contribution >= 4 is 57.1 Å². The number of nitrogens with zero attached hydrogens (tertiary/aromatic N) is 1. The number of nitro groups is 1. The standard InChI is InChI=1S/C9H6ClNO3.C4H6Cl2O/c10-9(12)6-3-7-1-4-8(5-2-7)11(13)14;1-4(2,6)3(5)7/h1-6H;1-2H3. The molecule has 21 heavy (non-hydrogen) atoms. The van der Waals surface area contributed by atoms with Crippen molar-refractivity contribution in [3.8, 4) is 0 Å². The number of alkyl halides is 1. The molecule has 5 nitrogen and oxygen atoms in total. The van der Waals surface area contributed by atoms with Gasteiger partial charge >= 0.3 is 0 Å². The fourth-order valence-corrected chi connectivity index (χ4v) is 0.932. The van der Waals surface area contributed by atoms with Crippen molar-refractivity contribution in [1.82, 2.24) is 0 Å². The van der Waals surface area contributed by atoms with Crippen LogP contribution < -0.4 is 0 Å². The summed E-state index contributed by atoms with van der Waals surface area (Å²) in [5.41, 5.74) is 0.698. The predicted molar refractivity (Wildman–Crippen MR) is 83.8 cm³/mol. The SMILES string of the molecule is CC(C)(Cl)C(=O)Cl.O=C(Cl)C=Cc1ccc([N+](=O)[O-])cc1. The number of benzene rings is 1. The summed E-state index contributed by atoms with van der Waals surface area (Å²) in [5, 5.41) is 9.19. The van der Waals surface area contributed by atoms with E-state index in [0.29, 0.717) is 5.56 Å². The molecule has 0 spiro atoms. The first-order valence-corrected chi connectivity index (χ1v) is 6.68. The summed E-state index contributed by atoms with van der Waals surface area (Å²) >= 11 is 15.4. The van der Waals surface area contributed by atoms with Crippen LogP contribution in [0.2, 0.25) is 0 Å². The first-order chi connectivity index (χ1) is 9.54. The molecule has 0 radical (unpaired) electrons. The largest absolute Gasteiger partial charge is 0.279 e. The van der Waals surface area contributed by atoms with Crippen molar-refractivity contribution in [2.75, 3.05) is 0 Å². The van der Waals surface area contributed by atoms with Gasteiger partial charge in [-0.1, -0.05) is 6.08 Å². The average Bonchev–Trinajstić information content (AvgIpc) is 2.36. The third-order valence-electron chi connectivity index (χ3n) is 1.98. The fourth-order valence-electron chi connectivity index (χ4n) is 0.869. The van der Waals surface area contributed by atoms with E-state index in [-0.39, 0.29) is 5.69 Å². The summed E-state index contributed by atoms with van der Waals surface area (Å²) in [6, 6.07) is 5.79. The van der Waals surface area contributed by atoms with Gasteiger partial charge in [0, 0.05) is 12.1 Å². The summed E-state index contributed by atoms with van der Waals surface area (Å²) in [6.45, 7) is 3.09. The smallest absolute Gasteiger partial charge is 0.269 e. The molecule has 0 aliphatic carbocycles. The molecule has 0 saturated heterocycles. The van der Waals surface area contributed by atoms with Gasteiger partial charge in [0.25, 0.3) is 5.69 Å². The second-order valence-electron chi connectivity index (χ2n) is 4.23. The Bertz CT molecular complexity index is 548. The minimum absolute atomic E-state index is 0.0133. The molecule has 1 aromatic carbocycles. The Balaban J connectivity index is 0.000000486. The molecule has 0 unspecified atom stereocenters. The highest BCUT2D eigenvalue weighted by Gasteiger charge is 2.20. The van der Waals surface area contributed by atoms with Gasteiger partial charge in [-0.2, -0.15) is 0 Å². The third-order valence-corrected chi connectivity index (χ3v) is 2.84. The van der Waals surface area contributed by atoms with E-state index < -0.39 is 20.3 Å². The lowest BCUT2D eigenvalue weighted by Crippen LogP contribution is -2.18. The monoisotopic (exact) mass is 351 g/mol. The van der Waals surface area contributed by atoms with Crippen LogP contribution in [0.3, 0.4) is 0 Å². The fraction of sp³-hybridized carbons (Fsp3) is 0.231. The molecule has 1 rings (SSSR count). The number of non-ortho nitro benzene ring substituents is 1. The number of carbonyl (C=O) groups excluding carboxylic acids is 2. The molecule has 0 atom stereocenters. The maximum atomic E-state index is 10.4. The molecule has 0 amide bonds. The van der Waals surface area contributed by atoms with Crippen molar-refractivity contribution in [1.29, 1.82) is 0 Å². The van der Waals surface area contributed by atoms with Crippen LogP contribution in [-0.4, -0.2) is 20.3 Å². The van der Waals surface area contributed by atoms with Crippen LogP contribution in [0.25, 0.3) is 6.08 Å². The molecule has 0 aliphatic heterocycles. The normalized spacial score (nSPS) is 10.7. The van der Waals surface area contributed by atoms with Gasteiger partial charge < -0.3 is 0 Å². The minimum Gasteiger partial charge on any atom is -0.279 e. The number of nitro benzene ring substituents is 1. The van der Waals surface area contributed by atoms with Crippen LogP contribution >= 0.6 is 34.8 Å². The lowest BCUT2D eigenvalue weighted by atomic mass is 10.2. The Kier molecular flexibility index (Phi) is 8.17. The summed E-state index contributed by atoms with van der Waals surface area (Å²) in [6.07, 6.45) is 2.67. The Morgan fingerprint density at radius 1 is 1.19 bits per heavy atom. The van der Waals surface area contributed by atoms with Crippen molar-refractivity contribution in [2.24, 2.45) is 0 Å². The first kappa shape index (κ1) is 19.6. The van der Waals surface area contributed by atoms with Crippen molar-refractivity contribution in [3.05, 3.63) is 46.0 Å². The van der Waals surface area contributed by atoms with Crippen LogP contribution in [0.5, 0.6) is 0 Å².